The van der Waals surface area contributed by atoms with E-state index in [1.54, 1.807) is 11.3 Å². The third kappa shape index (κ3) is 2.14. The van der Waals surface area contributed by atoms with E-state index in [1.165, 1.54) is 0 Å². The molecule has 0 unspecified atom stereocenters. The van der Waals surface area contributed by atoms with Crippen molar-refractivity contribution in [3.05, 3.63) is 28.8 Å². The Morgan fingerprint density at radius 1 is 1.44 bits per heavy atom. The summed E-state index contributed by atoms with van der Waals surface area (Å²) < 4.78 is 1.16. The van der Waals surface area contributed by atoms with Gasteiger partial charge >= 0.3 is 0 Å². The number of Topliss-reactive ketones (excluding diaryl/α,β-unsaturated/α-hetero) is 1. The van der Waals surface area contributed by atoms with E-state index in [0.717, 1.165) is 20.8 Å². The Balaban J connectivity index is 2.40. The molecule has 0 saturated carbocycles. The lowest BCUT2D eigenvalue weighted by Gasteiger charge is -2.04. The molecule has 1 aromatic carbocycles. The third-order valence-corrected chi connectivity index (χ3v) is 3.67. The fourth-order valence-corrected chi connectivity index (χ4v) is 2.58. The number of hydrogen-bond donors (Lipinski definition) is 0. The van der Waals surface area contributed by atoms with E-state index in [-0.39, 0.29) is 5.92 Å². The van der Waals surface area contributed by atoms with E-state index in [1.807, 2.05) is 39.0 Å². The highest BCUT2D eigenvalue weighted by Crippen LogP contribution is 2.26. The average Bonchev–Trinajstić information content (AvgIpc) is 2.59. The first kappa shape index (κ1) is 11.3. The van der Waals surface area contributed by atoms with Crippen molar-refractivity contribution in [1.82, 2.24) is 4.98 Å². The zero-order valence-electron chi connectivity index (χ0n) is 9.78. The number of carbonyl (C=O) groups is 1. The van der Waals surface area contributed by atoms with Gasteiger partial charge in [-0.25, -0.2) is 4.98 Å². The molecule has 2 aromatic rings. The van der Waals surface area contributed by atoms with Crippen LogP contribution in [-0.2, 0) is 11.2 Å². The number of ketones is 1. The van der Waals surface area contributed by atoms with Crippen molar-refractivity contribution in [2.45, 2.75) is 27.2 Å². The Labute approximate surface area is 99.3 Å². The molecule has 0 atom stereocenters. The van der Waals surface area contributed by atoms with Crippen LogP contribution in [0.3, 0.4) is 0 Å². The first-order chi connectivity index (χ1) is 7.58. The van der Waals surface area contributed by atoms with Gasteiger partial charge in [0.1, 0.15) is 5.78 Å². The lowest BCUT2D eigenvalue weighted by atomic mass is 10.0. The lowest BCUT2D eigenvalue weighted by Crippen LogP contribution is -2.10. The number of aryl methyl sites for hydroxylation is 1. The second kappa shape index (κ2) is 4.34. The average molecular weight is 233 g/mol. The summed E-state index contributed by atoms with van der Waals surface area (Å²) in [5.41, 5.74) is 2.12. The molecule has 16 heavy (non-hydrogen) atoms. The summed E-state index contributed by atoms with van der Waals surface area (Å²) in [6, 6.07) is 6.01. The standard InChI is InChI=1S/C13H15NOS/c1-8(2)12(15)7-10-5-4-6-11-13(10)16-9(3)14-11/h4-6,8H,7H2,1-3H3. The zero-order valence-corrected chi connectivity index (χ0v) is 10.6. The fourth-order valence-electron chi connectivity index (χ4n) is 1.65. The highest BCUT2D eigenvalue weighted by atomic mass is 32.1. The maximum absolute atomic E-state index is 11.7. The van der Waals surface area contributed by atoms with Crippen molar-refractivity contribution in [3.8, 4) is 0 Å². The van der Waals surface area contributed by atoms with Gasteiger partial charge in [0.05, 0.1) is 15.2 Å². The Morgan fingerprint density at radius 3 is 2.88 bits per heavy atom. The number of aromatic nitrogens is 1. The predicted octanol–water partition coefficient (Wildman–Crippen LogP) is 3.37. The third-order valence-electron chi connectivity index (χ3n) is 2.61. The van der Waals surface area contributed by atoms with Gasteiger partial charge in [0.25, 0.3) is 0 Å². The van der Waals surface area contributed by atoms with Crippen LogP contribution in [-0.4, -0.2) is 10.8 Å². The molecule has 84 valence electrons. The Morgan fingerprint density at radius 2 is 2.19 bits per heavy atom. The molecular formula is C13H15NOS. The molecule has 0 fully saturated rings. The topological polar surface area (TPSA) is 30.0 Å². The maximum Gasteiger partial charge on any atom is 0.139 e. The summed E-state index contributed by atoms with van der Waals surface area (Å²) in [7, 11) is 0. The lowest BCUT2D eigenvalue weighted by molar-refractivity contribution is -0.121. The Kier molecular flexibility index (Phi) is 3.06. The maximum atomic E-state index is 11.7. The van der Waals surface area contributed by atoms with Crippen molar-refractivity contribution in [3.63, 3.8) is 0 Å². The Hall–Kier alpha value is -1.22. The molecule has 1 aromatic heterocycles. The first-order valence-corrected chi connectivity index (χ1v) is 6.27. The number of benzene rings is 1. The van der Waals surface area contributed by atoms with Gasteiger partial charge in [0.15, 0.2) is 0 Å². The Bertz CT molecular complexity index is 528. The summed E-state index contributed by atoms with van der Waals surface area (Å²) in [6.07, 6.45) is 0.524. The van der Waals surface area contributed by atoms with Crippen molar-refractivity contribution >= 4 is 27.3 Å². The van der Waals surface area contributed by atoms with Gasteiger partial charge in [-0.1, -0.05) is 26.0 Å². The molecule has 1 heterocycles. The molecule has 0 aliphatic carbocycles. The minimum Gasteiger partial charge on any atom is -0.299 e. The van der Waals surface area contributed by atoms with Crippen LogP contribution < -0.4 is 0 Å². The van der Waals surface area contributed by atoms with Crippen LogP contribution in [0.25, 0.3) is 10.2 Å². The van der Waals surface area contributed by atoms with Gasteiger partial charge in [-0.3, -0.25) is 4.79 Å². The zero-order chi connectivity index (χ0) is 11.7. The number of carbonyl (C=O) groups excluding carboxylic acids is 1. The number of nitrogens with zero attached hydrogens (tertiary/aromatic N) is 1. The molecule has 0 amide bonds. The molecule has 0 N–H and O–H groups in total. The van der Waals surface area contributed by atoms with Crippen molar-refractivity contribution < 1.29 is 4.79 Å². The van der Waals surface area contributed by atoms with Crippen LogP contribution in [0, 0.1) is 12.8 Å². The molecule has 0 saturated heterocycles. The molecule has 0 aliphatic heterocycles. The first-order valence-electron chi connectivity index (χ1n) is 5.45. The van der Waals surface area contributed by atoms with E-state index in [4.69, 9.17) is 0 Å². The molecular weight excluding hydrogens is 218 g/mol. The number of rotatable bonds is 3. The van der Waals surface area contributed by atoms with Crippen LogP contribution in [0.4, 0.5) is 0 Å². The molecule has 0 radical (unpaired) electrons. The van der Waals surface area contributed by atoms with Gasteiger partial charge in [-0.05, 0) is 18.6 Å². The smallest absolute Gasteiger partial charge is 0.139 e. The van der Waals surface area contributed by atoms with E-state index >= 15 is 0 Å². The van der Waals surface area contributed by atoms with Crippen molar-refractivity contribution in [2.75, 3.05) is 0 Å². The van der Waals surface area contributed by atoms with Gasteiger partial charge < -0.3 is 0 Å². The predicted molar refractivity (Wildman–Crippen MR) is 67.9 cm³/mol. The van der Waals surface area contributed by atoms with Crippen LogP contribution in [0.5, 0.6) is 0 Å². The normalized spacial score (nSPS) is 11.2. The second-order valence-electron chi connectivity index (χ2n) is 4.30. The molecule has 0 spiro atoms. The summed E-state index contributed by atoms with van der Waals surface area (Å²) in [5, 5.41) is 1.06. The number of fused-ring (bicyclic) bond motifs is 1. The van der Waals surface area contributed by atoms with Crippen LogP contribution in [0.15, 0.2) is 18.2 Å². The minimum atomic E-state index is 0.101. The van der Waals surface area contributed by atoms with E-state index in [9.17, 15) is 4.79 Å². The number of thiazole rings is 1. The monoisotopic (exact) mass is 233 g/mol. The number of hydrogen-bond acceptors (Lipinski definition) is 3. The largest absolute Gasteiger partial charge is 0.299 e. The molecule has 3 heteroatoms. The van der Waals surface area contributed by atoms with Crippen LogP contribution in [0.2, 0.25) is 0 Å². The second-order valence-corrected chi connectivity index (χ2v) is 5.50. The quantitative estimate of drug-likeness (QED) is 0.813. The summed E-state index contributed by atoms with van der Waals surface area (Å²) in [4.78, 5) is 16.2. The highest BCUT2D eigenvalue weighted by Gasteiger charge is 2.12. The summed E-state index contributed by atoms with van der Waals surface area (Å²) >= 11 is 1.67. The minimum absolute atomic E-state index is 0.101. The molecule has 2 nitrogen and oxygen atoms in total. The fraction of sp³-hybridized carbons (Fsp3) is 0.385. The molecule has 2 rings (SSSR count). The van der Waals surface area contributed by atoms with E-state index in [2.05, 4.69) is 4.98 Å². The molecule has 0 aliphatic rings. The van der Waals surface area contributed by atoms with Gasteiger partial charge in [0, 0.05) is 12.3 Å². The summed E-state index contributed by atoms with van der Waals surface area (Å²) in [6.45, 7) is 5.89. The van der Waals surface area contributed by atoms with Gasteiger partial charge in [-0.2, -0.15) is 0 Å². The molecule has 0 bridgehead atoms. The van der Waals surface area contributed by atoms with Crippen LogP contribution in [0.1, 0.15) is 24.4 Å². The van der Waals surface area contributed by atoms with Crippen LogP contribution >= 0.6 is 11.3 Å². The van der Waals surface area contributed by atoms with E-state index in [0.29, 0.717) is 12.2 Å². The highest BCUT2D eigenvalue weighted by molar-refractivity contribution is 7.18. The van der Waals surface area contributed by atoms with Crippen molar-refractivity contribution in [2.24, 2.45) is 5.92 Å². The van der Waals surface area contributed by atoms with Gasteiger partial charge in [0.2, 0.25) is 0 Å². The van der Waals surface area contributed by atoms with Gasteiger partial charge in [-0.15, -0.1) is 11.3 Å². The SMILES string of the molecule is Cc1nc2cccc(CC(=O)C(C)C)c2s1. The van der Waals surface area contributed by atoms with E-state index < -0.39 is 0 Å². The summed E-state index contributed by atoms with van der Waals surface area (Å²) in [5.74, 6) is 0.392. The van der Waals surface area contributed by atoms with Crippen molar-refractivity contribution in [1.29, 1.82) is 0 Å².